The van der Waals surface area contributed by atoms with Gasteiger partial charge in [-0.15, -0.1) is 0 Å². The van der Waals surface area contributed by atoms with Crippen molar-refractivity contribution in [1.29, 1.82) is 0 Å². The van der Waals surface area contributed by atoms with Crippen LogP contribution in [0, 0.1) is 0 Å². The SMILES string of the molecule is CC(=O)NCCNC(=O)c1cnc(C(=O)O)cn1. The number of carboxylic acids is 1. The number of carbonyl (C=O) groups is 3. The number of nitrogens with one attached hydrogen (secondary N) is 2. The number of aromatic carboxylic acids is 1. The average Bonchev–Trinajstić information content (AvgIpc) is 2.34. The lowest BCUT2D eigenvalue weighted by molar-refractivity contribution is -0.118. The highest BCUT2D eigenvalue weighted by Gasteiger charge is 2.09. The standard InChI is InChI=1S/C10H12N4O4/c1-6(15)11-2-3-12-9(16)7-4-14-8(5-13-7)10(17)18/h4-5H,2-3H2,1H3,(H,11,15)(H,12,16)(H,17,18). The van der Waals surface area contributed by atoms with E-state index >= 15 is 0 Å². The lowest BCUT2D eigenvalue weighted by Gasteiger charge is -2.04. The number of carbonyl (C=O) groups excluding carboxylic acids is 2. The first-order valence-electron chi connectivity index (χ1n) is 5.08. The van der Waals surface area contributed by atoms with Crippen LogP contribution in [0.25, 0.3) is 0 Å². The number of hydrogen-bond acceptors (Lipinski definition) is 5. The first-order chi connectivity index (χ1) is 8.50. The van der Waals surface area contributed by atoms with Crippen molar-refractivity contribution in [1.82, 2.24) is 20.6 Å². The molecule has 1 aromatic rings. The first-order valence-corrected chi connectivity index (χ1v) is 5.08. The fourth-order valence-corrected chi connectivity index (χ4v) is 1.06. The van der Waals surface area contributed by atoms with Crippen LogP contribution >= 0.6 is 0 Å². The van der Waals surface area contributed by atoms with Gasteiger partial charge in [0.25, 0.3) is 5.91 Å². The van der Waals surface area contributed by atoms with E-state index in [1.54, 1.807) is 0 Å². The molecule has 0 aliphatic rings. The largest absolute Gasteiger partial charge is 0.476 e. The summed E-state index contributed by atoms with van der Waals surface area (Å²) in [7, 11) is 0. The summed E-state index contributed by atoms with van der Waals surface area (Å²) >= 11 is 0. The van der Waals surface area contributed by atoms with E-state index < -0.39 is 11.9 Å². The number of aromatic nitrogens is 2. The Labute approximate surface area is 102 Å². The number of hydrogen-bond donors (Lipinski definition) is 3. The van der Waals surface area contributed by atoms with Gasteiger partial charge in [0.2, 0.25) is 5.91 Å². The molecule has 0 aliphatic heterocycles. The van der Waals surface area contributed by atoms with E-state index in [1.807, 2.05) is 0 Å². The molecule has 0 fully saturated rings. The lowest BCUT2D eigenvalue weighted by atomic mass is 10.4. The summed E-state index contributed by atoms with van der Waals surface area (Å²) in [6.07, 6.45) is 2.09. The summed E-state index contributed by atoms with van der Waals surface area (Å²) in [4.78, 5) is 39.8. The molecule has 8 heteroatoms. The zero-order chi connectivity index (χ0) is 13.5. The van der Waals surface area contributed by atoms with Gasteiger partial charge in [0.15, 0.2) is 5.69 Å². The summed E-state index contributed by atoms with van der Waals surface area (Å²) in [5, 5.41) is 13.6. The molecule has 3 N–H and O–H groups in total. The Bertz CT molecular complexity index is 457. The van der Waals surface area contributed by atoms with E-state index in [4.69, 9.17) is 5.11 Å². The number of rotatable bonds is 5. The average molecular weight is 252 g/mol. The van der Waals surface area contributed by atoms with E-state index in [-0.39, 0.29) is 23.8 Å². The Morgan fingerprint density at radius 2 is 1.67 bits per heavy atom. The van der Waals surface area contributed by atoms with Crippen molar-refractivity contribution in [2.24, 2.45) is 0 Å². The van der Waals surface area contributed by atoms with E-state index in [0.29, 0.717) is 6.54 Å². The molecule has 18 heavy (non-hydrogen) atoms. The Balaban J connectivity index is 2.46. The van der Waals surface area contributed by atoms with E-state index in [9.17, 15) is 14.4 Å². The van der Waals surface area contributed by atoms with Gasteiger partial charge in [-0.05, 0) is 0 Å². The van der Waals surface area contributed by atoms with Crippen molar-refractivity contribution < 1.29 is 19.5 Å². The predicted octanol–water partition coefficient (Wildman–Crippen LogP) is -0.959. The van der Waals surface area contributed by atoms with Gasteiger partial charge in [-0.2, -0.15) is 0 Å². The van der Waals surface area contributed by atoms with Gasteiger partial charge in [-0.25, -0.2) is 14.8 Å². The summed E-state index contributed by atoms with van der Waals surface area (Å²) in [6, 6.07) is 0. The van der Waals surface area contributed by atoms with Crippen LogP contribution in [0.2, 0.25) is 0 Å². The van der Waals surface area contributed by atoms with Crippen molar-refractivity contribution in [3.63, 3.8) is 0 Å². The van der Waals surface area contributed by atoms with Crippen molar-refractivity contribution in [3.05, 3.63) is 23.8 Å². The van der Waals surface area contributed by atoms with E-state index in [0.717, 1.165) is 12.4 Å². The van der Waals surface area contributed by atoms with Gasteiger partial charge in [0.05, 0.1) is 12.4 Å². The highest BCUT2D eigenvalue weighted by atomic mass is 16.4. The third-order valence-corrected chi connectivity index (χ3v) is 1.89. The maximum Gasteiger partial charge on any atom is 0.356 e. The van der Waals surface area contributed by atoms with Crippen LogP contribution in [0.3, 0.4) is 0 Å². The van der Waals surface area contributed by atoms with Crippen LogP contribution in [-0.2, 0) is 4.79 Å². The minimum atomic E-state index is -1.21. The van der Waals surface area contributed by atoms with Crippen LogP contribution in [0.5, 0.6) is 0 Å². The van der Waals surface area contributed by atoms with Crippen LogP contribution < -0.4 is 10.6 Å². The topological polar surface area (TPSA) is 121 Å². The molecule has 0 saturated carbocycles. The molecular formula is C10H12N4O4. The molecule has 0 saturated heterocycles. The van der Waals surface area contributed by atoms with Gasteiger partial charge in [-0.3, -0.25) is 9.59 Å². The second kappa shape index (κ2) is 6.28. The number of carboxylic acid groups (broad SMARTS) is 1. The molecule has 0 aliphatic carbocycles. The smallest absolute Gasteiger partial charge is 0.356 e. The molecule has 8 nitrogen and oxygen atoms in total. The maximum atomic E-state index is 11.5. The molecule has 0 unspecified atom stereocenters. The van der Waals surface area contributed by atoms with Gasteiger partial charge in [0, 0.05) is 20.0 Å². The normalized spacial score (nSPS) is 9.61. The molecule has 96 valence electrons. The first kappa shape index (κ1) is 13.6. The molecule has 2 amide bonds. The van der Waals surface area contributed by atoms with E-state index in [1.165, 1.54) is 6.92 Å². The second-order valence-corrected chi connectivity index (χ2v) is 3.33. The van der Waals surface area contributed by atoms with Gasteiger partial charge in [0.1, 0.15) is 5.69 Å². The Kier molecular flexibility index (Phi) is 4.73. The highest BCUT2D eigenvalue weighted by molar-refractivity contribution is 5.92. The van der Waals surface area contributed by atoms with Crippen molar-refractivity contribution in [2.75, 3.05) is 13.1 Å². The summed E-state index contributed by atoms with van der Waals surface area (Å²) in [5.41, 5.74) is -0.215. The van der Waals surface area contributed by atoms with Crippen LogP contribution in [0.1, 0.15) is 27.9 Å². The maximum absolute atomic E-state index is 11.5. The quantitative estimate of drug-likeness (QED) is 0.580. The summed E-state index contributed by atoms with van der Waals surface area (Å²) < 4.78 is 0. The number of nitrogens with zero attached hydrogens (tertiary/aromatic N) is 2. The van der Waals surface area contributed by atoms with Crippen molar-refractivity contribution >= 4 is 17.8 Å². The molecular weight excluding hydrogens is 240 g/mol. The predicted molar refractivity (Wildman–Crippen MR) is 60.0 cm³/mol. The van der Waals surface area contributed by atoms with Gasteiger partial charge >= 0.3 is 5.97 Å². The van der Waals surface area contributed by atoms with Crippen molar-refractivity contribution in [2.45, 2.75) is 6.92 Å². The molecule has 0 aromatic carbocycles. The number of amides is 2. The molecule has 0 radical (unpaired) electrons. The third kappa shape index (κ3) is 4.16. The molecule has 0 bridgehead atoms. The monoisotopic (exact) mass is 252 g/mol. The second-order valence-electron chi connectivity index (χ2n) is 3.33. The lowest BCUT2D eigenvalue weighted by Crippen LogP contribution is -2.34. The van der Waals surface area contributed by atoms with Crippen molar-refractivity contribution in [3.8, 4) is 0 Å². The summed E-state index contributed by atoms with van der Waals surface area (Å²) in [6.45, 7) is 1.93. The fraction of sp³-hybridized carbons (Fsp3) is 0.300. The molecule has 0 spiro atoms. The fourth-order valence-electron chi connectivity index (χ4n) is 1.06. The molecule has 1 rings (SSSR count). The van der Waals surface area contributed by atoms with Gasteiger partial charge in [-0.1, -0.05) is 0 Å². The molecule has 1 aromatic heterocycles. The zero-order valence-corrected chi connectivity index (χ0v) is 9.64. The Morgan fingerprint density at radius 3 is 2.17 bits per heavy atom. The third-order valence-electron chi connectivity index (χ3n) is 1.89. The Morgan fingerprint density at radius 1 is 1.11 bits per heavy atom. The highest BCUT2D eigenvalue weighted by Crippen LogP contribution is 1.95. The molecule has 0 atom stereocenters. The Hall–Kier alpha value is -2.51. The van der Waals surface area contributed by atoms with Gasteiger partial charge < -0.3 is 15.7 Å². The van der Waals surface area contributed by atoms with Crippen LogP contribution in [-0.4, -0.2) is 45.9 Å². The van der Waals surface area contributed by atoms with E-state index in [2.05, 4.69) is 20.6 Å². The molecule has 1 heterocycles. The minimum absolute atomic E-state index is 0.0165. The summed E-state index contributed by atoms with van der Waals surface area (Å²) in [5.74, 6) is -1.88. The zero-order valence-electron chi connectivity index (χ0n) is 9.64. The minimum Gasteiger partial charge on any atom is -0.476 e. The van der Waals surface area contributed by atoms with Crippen LogP contribution in [0.15, 0.2) is 12.4 Å². The van der Waals surface area contributed by atoms with Crippen LogP contribution in [0.4, 0.5) is 0 Å².